The van der Waals surface area contributed by atoms with Gasteiger partial charge in [0.05, 0.1) is 34.2 Å². The summed E-state index contributed by atoms with van der Waals surface area (Å²) in [7, 11) is -6.09. The Labute approximate surface area is 540 Å². The standard InChI is InChI=1S/2C30H23BN9.CHF3O3S.Ce/c2*1-2-10-24(11-3-1)31(38-21-15-28(35-38)25-12-4-7-18-32-25,39-22-16-29(36-39)26-13-5-8-19-33-26)40-23-17-30(37-40)27-14-6-9-20-34-27;2-1(3,4)8(5,6)7;/h2*1-23H;(H,5,6,7);/q2*-1;;+3/p-1. The molecule has 0 saturated heterocycles. The van der Waals surface area contributed by atoms with Gasteiger partial charge in [0.2, 0.25) is 0 Å². The van der Waals surface area contributed by atoms with Gasteiger partial charge >= 0.3 is 60.4 Å². The summed E-state index contributed by atoms with van der Waals surface area (Å²) in [5, 5.41) is 30.5. The number of hydrogen-bond acceptors (Lipinski definition) is 15. The summed E-state index contributed by atoms with van der Waals surface area (Å²) < 4.78 is 70.5. The minimum atomic E-state index is -6.09. The van der Waals surface area contributed by atoms with Crippen LogP contribution in [0.25, 0.3) is 68.3 Å². The SMILES string of the molecule is O=S(=O)([O-])C(F)(F)F.[Ce+3].c1ccc([B-](n2ccc(-c3ccccn3)n2)(n2ccc(-c3ccccn3)n2)n2ccc(-c3ccccn3)n2)cc1.c1ccc([B-](n2ccc(-c3ccccn3)n2)(n2ccc(-c3ccccn3)n2)n2ccc(-c3ccccn3)n2)cc1. The van der Waals surface area contributed by atoms with Crippen LogP contribution in [0.3, 0.4) is 0 Å². The number of rotatable bonds is 14. The first-order valence-electron chi connectivity index (χ1n) is 27.2. The van der Waals surface area contributed by atoms with Crippen LogP contribution in [0.15, 0.2) is 281 Å². The van der Waals surface area contributed by atoms with Gasteiger partial charge in [-0.1, -0.05) is 97.1 Å². The van der Waals surface area contributed by atoms with Crippen LogP contribution < -0.4 is 10.9 Å². The summed E-state index contributed by atoms with van der Waals surface area (Å²) in [5.41, 5.74) is 5.45. The zero-order valence-corrected chi connectivity index (χ0v) is 50.5. The summed E-state index contributed by atoms with van der Waals surface area (Å²) in [4.78, 5) is 27.1. The van der Waals surface area contributed by atoms with E-state index in [4.69, 9.17) is 43.6 Å². The molecule has 0 atom stereocenters. The first-order valence-corrected chi connectivity index (χ1v) is 28.6. The first kappa shape index (κ1) is 60.5. The number of aromatic nitrogens is 18. The minimum Gasteiger partial charge on any atom is -0.741 e. The molecule has 0 spiro atoms. The third-order valence-electron chi connectivity index (χ3n) is 14.2. The molecular formula is C61H46B2CeF3N18O3S. The average Bonchev–Trinajstić information content (AvgIpc) is 1.65. The van der Waals surface area contributed by atoms with Gasteiger partial charge in [-0.05, 0) is 146 Å². The molecule has 0 unspecified atom stereocenters. The Morgan fingerprint density at radius 1 is 0.292 bits per heavy atom. The molecule has 0 fully saturated rings. The molecule has 2 aromatic carbocycles. The third kappa shape index (κ3) is 12.5. The van der Waals surface area contributed by atoms with Gasteiger partial charge in [0.15, 0.2) is 10.1 Å². The smallest absolute Gasteiger partial charge is 0.741 e. The average molecular weight is 1330 g/mol. The van der Waals surface area contributed by atoms with Crippen molar-refractivity contribution in [2.75, 3.05) is 0 Å². The predicted octanol–water partition coefficient (Wildman–Crippen LogP) is 8.56. The molecule has 14 aromatic rings. The van der Waals surface area contributed by atoms with E-state index >= 15 is 0 Å². The fourth-order valence-corrected chi connectivity index (χ4v) is 10.2. The Kier molecular flexibility index (Phi) is 18.0. The molecule has 0 aliphatic carbocycles. The van der Waals surface area contributed by atoms with Crippen LogP contribution in [0, 0.1) is 41.7 Å². The predicted molar refractivity (Wildman–Crippen MR) is 325 cm³/mol. The van der Waals surface area contributed by atoms with Crippen molar-refractivity contribution in [1.29, 1.82) is 0 Å². The molecule has 1 radical (unpaired) electrons. The van der Waals surface area contributed by atoms with Crippen LogP contribution in [0.1, 0.15) is 0 Å². The van der Waals surface area contributed by atoms with Crippen LogP contribution in [-0.4, -0.2) is 120 Å². The quantitative estimate of drug-likeness (QED) is 0.0563. The molecule has 0 saturated carbocycles. The van der Waals surface area contributed by atoms with Crippen molar-refractivity contribution < 1.29 is 67.9 Å². The molecule has 89 heavy (non-hydrogen) atoms. The molecule has 21 nitrogen and oxygen atoms in total. The summed E-state index contributed by atoms with van der Waals surface area (Å²) in [6.45, 7) is -4.23. The van der Waals surface area contributed by atoms with Gasteiger partial charge in [0.25, 0.3) is 0 Å². The van der Waals surface area contributed by atoms with Crippen LogP contribution >= 0.6 is 0 Å². The van der Waals surface area contributed by atoms with Crippen molar-refractivity contribution in [3.63, 3.8) is 0 Å². The molecule has 0 aliphatic rings. The third-order valence-corrected chi connectivity index (χ3v) is 14.8. The van der Waals surface area contributed by atoms with E-state index in [0.717, 1.165) is 79.3 Å². The van der Waals surface area contributed by atoms with Crippen molar-refractivity contribution in [2.24, 2.45) is 0 Å². The Hall–Kier alpha value is -10.2. The molecule has 0 amide bonds. The maximum absolute atomic E-state index is 10.7. The van der Waals surface area contributed by atoms with Crippen molar-refractivity contribution in [2.45, 2.75) is 5.51 Å². The Morgan fingerprint density at radius 2 is 0.472 bits per heavy atom. The van der Waals surface area contributed by atoms with Crippen LogP contribution in [0.2, 0.25) is 0 Å². The number of alkyl halides is 3. The fraction of sp³-hybridized carbons (Fsp3) is 0.0164. The van der Waals surface area contributed by atoms with Crippen LogP contribution in [0.5, 0.6) is 0 Å². The molecule has 12 aromatic heterocycles. The first-order chi connectivity index (χ1) is 42.9. The van der Waals surface area contributed by atoms with Crippen molar-refractivity contribution in [3.05, 3.63) is 281 Å². The van der Waals surface area contributed by atoms with E-state index in [0.29, 0.717) is 0 Å². The van der Waals surface area contributed by atoms with Gasteiger partial charge in [-0.15, -0.1) is 10.9 Å². The van der Waals surface area contributed by atoms with E-state index in [2.05, 4.69) is 54.2 Å². The molecule has 0 N–H and O–H groups in total. The topological polar surface area (TPSA) is 241 Å². The Bertz CT molecular complexity index is 4020. The number of halogens is 3. The number of hydrogen-bond donors (Lipinski definition) is 0. The maximum atomic E-state index is 10.7. The van der Waals surface area contributed by atoms with E-state index < -0.39 is 28.7 Å². The second-order valence-electron chi connectivity index (χ2n) is 19.6. The second kappa shape index (κ2) is 26.4. The van der Waals surface area contributed by atoms with Crippen LogP contribution in [0.4, 0.5) is 13.2 Å². The van der Waals surface area contributed by atoms with Gasteiger partial charge in [-0.2, -0.15) is 13.2 Å². The zero-order valence-electron chi connectivity index (χ0n) is 46.5. The molecule has 0 aliphatic heterocycles. The fourth-order valence-electron chi connectivity index (χ4n) is 10.2. The van der Waals surface area contributed by atoms with Gasteiger partial charge in [-0.25, -0.2) is 39.0 Å². The monoisotopic (exact) mass is 1330 g/mol. The van der Waals surface area contributed by atoms with E-state index in [-0.39, 0.29) is 41.7 Å². The van der Waals surface area contributed by atoms with E-state index in [1.54, 1.807) is 37.2 Å². The van der Waals surface area contributed by atoms with E-state index in [9.17, 15) is 13.2 Å². The minimum absolute atomic E-state index is 0. The second-order valence-corrected chi connectivity index (χ2v) is 20.9. The normalized spacial score (nSPS) is 11.6. The molecule has 0 bridgehead atoms. The van der Waals surface area contributed by atoms with Gasteiger partial charge in [0.1, 0.15) is 34.2 Å². The number of nitrogens with zero attached hydrogens (tertiary/aromatic N) is 18. The van der Waals surface area contributed by atoms with Gasteiger partial charge in [0, 0.05) is 37.2 Å². The van der Waals surface area contributed by atoms with Crippen molar-refractivity contribution in [1.82, 2.24) is 88.1 Å². The summed E-state index contributed by atoms with van der Waals surface area (Å²) in [6, 6.07) is 66.9. The number of pyridine rings is 6. The van der Waals surface area contributed by atoms with Gasteiger partial charge in [-0.3, -0.25) is 29.9 Å². The summed E-state index contributed by atoms with van der Waals surface area (Å²) >= 11 is 0. The van der Waals surface area contributed by atoms with Gasteiger partial charge < -0.3 is 32.1 Å². The van der Waals surface area contributed by atoms with E-state index in [1.165, 1.54) is 0 Å². The number of benzene rings is 2. The van der Waals surface area contributed by atoms with Crippen LogP contribution in [-0.2, 0) is 10.1 Å². The zero-order chi connectivity index (χ0) is 60.6. The maximum Gasteiger partial charge on any atom is 3.00 e. The molecule has 435 valence electrons. The Balaban J connectivity index is 0.000000162. The largest absolute Gasteiger partial charge is 3.00 e. The van der Waals surface area contributed by atoms with E-state index in [1.807, 2.05) is 247 Å². The molecule has 14 rings (SSSR count). The molecule has 28 heteroatoms. The molecular weight excluding hydrogens is 1280 g/mol. The van der Waals surface area contributed by atoms with Crippen molar-refractivity contribution >= 4 is 34.1 Å². The summed E-state index contributed by atoms with van der Waals surface area (Å²) in [5.74, 6) is 0. The van der Waals surface area contributed by atoms with Crippen molar-refractivity contribution in [3.8, 4) is 68.3 Å². The molecule has 12 heterocycles. The Morgan fingerprint density at radius 3 is 0.629 bits per heavy atom. The summed E-state index contributed by atoms with van der Waals surface area (Å²) in [6.07, 6.45) is 22.4.